The summed E-state index contributed by atoms with van der Waals surface area (Å²) in [6.45, 7) is 0. The standard InChI is InChI=1S/C5H7NO7/c7-2(8)1-5(13,3(9)10)6-4(11)12/h6,13H,1H2,(H,7,8)(H,9,10)(H,11,12). The Balaban J connectivity index is 4.62. The van der Waals surface area contributed by atoms with Crippen molar-refractivity contribution in [2.75, 3.05) is 0 Å². The predicted octanol–water partition coefficient (Wildman–Crippen LogP) is -1.50. The van der Waals surface area contributed by atoms with Crippen LogP contribution in [0.1, 0.15) is 6.42 Å². The van der Waals surface area contributed by atoms with Crippen LogP contribution in [0.2, 0.25) is 0 Å². The molecule has 13 heavy (non-hydrogen) atoms. The average Bonchev–Trinajstić information content (AvgIpc) is 1.82. The fourth-order valence-electron chi connectivity index (χ4n) is 0.569. The molecule has 0 aromatic carbocycles. The second-order valence-corrected chi connectivity index (χ2v) is 2.17. The normalized spacial score (nSPS) is 14.2. The number of hydrogen-bond donors (Lipinski definition) is 5. The van der Waals surface area contributed by atoms with Crippen LogP contribution in [-0.4, -0.2) is 44.2 Å². The van der Waals surface area contributed by atoms with Crippen LogP contribution in [0.15, 0.2) is 0 Å². The minimum Gasteiger partial charge on any atom is -0.481 e. The second-order valence-electron chi connectivity index (χ2n) is 2.17. The Morgan fingerprint density at radius 1 is 1.15 bits per heavy atom. The summed E-state index contributed by atoms with van der Waals surface area (Å²) in [4.78, 5) is 30.3. The first-order valence-corrected chi connectivity index (χ1v) is 2.96. The average molecular weight is 193 g/mol. The van der Waals surface area contributed by atoms with Gasteiger partial charge in [-0.05, 0) is 0 Å². The molecule has 8 nitrogen and oxygen atoms in total. The van der Waals surface area contributed by atoms with Crippen molar-refractivity contribution in [1.82, 2.24) is 5.32 Å². The molecule has 0 saturated carbocycles. The monoisotopic (exact) mass is 193 g/mol. The van der Waals surface area contributed by atoms with Crippen molar-refractivity contribution in [3.8, 4) is 0 Å². The van der Waals surface area contributed by atoms with Crippen LogP contribution in [0, 0.1) is 0 Å². The van der Waals surface area contributed by atoms with Crippen LogP contribution >= 0.6 is 0 Å². The molecule has 0 aromatic heterocycles. The van der Waals surface area contributed by atoms with Crippen LogP contribution in [0.5, 0.6) is 0 Å². The third-order valence-corrected chi connectivity index (χ3v) is 1.07. The highest BCUT2D eigenvalue weighted by Gasteiger charge is 2.40. The van der Waals surface area contributed by atoms with Crippen molar-refractivity contribution < 1.29 is 34.8 Å². The molecule has 0 saturated heterocycles. The van der Waals surface area contributed by atoms with Gasteiger partial charge in [0.1, 0.15) is 6.42 Å². The lowest BCUT2D eigenvalue weighted by Crippen LogP contribution is -2.55. The van der Waals surface area contributed by atoms with E-state index in [2.05, 4.69) is 0 Å². The van der Waals surface area contributed by atoms with Gasteiger partial charge in [-0.15, -0.1) is 0 Å². The van der Waals surface area contributed by atoms with Crippen molar-refractivity contribution in [1.29, 1.82) is 0 Å². The summed E-state index contributed by atoms with van der Waals surface area (Å²) >= 11 is 0. The summed E-state index contributed by atoms with van der Waals surface area (Å²) in [5.74, 6) is -3.61. The van der Waals surface area contributed by atoms with E-state index >= 15 is 0 Å². The van der Waals surface area contributed by atoms with E-state index in [1.54, 1.807) is 0 Å². The minimum atomic E-state index is -2.99. The van der Waals surface area contributed by atoms with Crippen LogP contribution in [0.3, 0.4) is 0 Å². The molecular weight excluding hydrogens is 186 g/mol. The molecule has 1 atom stereocenters. The van der Waals surface area contributed by atoms with E-state index in [0.29, 0.717) is 0 Å². The number of carbonyl (C=O) groups is 3. The van der Waals surface area contributed by atoms with Gasteiger partial charge in [-0.3, -0.25) is 10.1 Å². The van der Waals surface area contributed by atoms with Crippen molar-refractivity contribution in [2.45, 2.75) is 12.1 Å². The molecule has 5 N–H and O–H groups in total. The van der Waals surface area contributed by atoms with Crippen LogP contribution < -0.4 is 5.32 Å². The van der Waals surface area contributed by atoms with E-state index in [9.17, 15) is 14.4 Å². The maximum atomic E-state index is 10.3. The molecule has 1 amide bonds. The van der Waals surface area contributed by atoms with Crippen LogP contribution in [0.4, 0.5) is 4.79 Å². The SMILES string of the molecule is O=C(O)CC(O)(NC(=O)O)C(=O)O. The number of nitrogens with one attached hydrogen (secondary N) is 1. The third kappa shape index (κ3) is 3.38. The molecule has 0 aromatic rings. The summed E-state index contributed by atoms with van der Waals surface area (Å²) in [6, 6.07) is 0. The third-order valence-electron chi connectivity index (χ3n) is 1.07. The predicted molar refractivity (Wildman–Crippen MR) is 36.0 cm³/mol. The van der Waals surface area contributed by atoms with Crippen molar-refractivity contribution >= 4 is 18.0 Å². The van der Waals surface area contributed by atoms with E-state index in [1.165, 1.54) is 5.32 Å². The number of carboxylic acid groups (broad SMARTS) is 3. The van der Waals surface area contributed by atoms with Gasteiger partial charge in [0.15, 0.2) is 0 Å². The zero-order valence-corrected chi connectivity index (χ0v) is 6.22. The van der Waals surface area contributed by atoms with E-state index in [-0.39, 0.29) is 0 Å². The topological polar surface area (TPSA) is 144 Å². The fraction of sp³-hybridized carbons (Fsp3) is 0.400. The molecule has 0 radical (unpaired) electrons. The van der Waals surface area contributed by atoms with Gasteiger partial charge >= 0.3 is 18.0 Å². The number of aliphatic carboxylic acids is 2. The molecule has 0 heterocycles. The summed E-state index contributed by atoms with van der Waals surface area (Å²) in [6.07, 6.45) is -3.08. The van der Waals surface area contributed by atoms with Gasteiger partial charge < -0.3 is 20.4 Å². The summed E-state index contributed by atoms with van der Waals surface area (Å²) < 4.78 is 0. The molecule has 0 bridgehead atoms. The van der Waals surface area contributed by atoms with Crippen molar-refractivity contribution in [3.63, 3.8) is 0 Å². The maximum Gasteiger partial charge on any atom is 0.407 e. The van der Waals surface area contributed by atoms with E-state index in [1.807, 2.05) is 0 Å². The molecule has 8 heteroatoms. The summed E-state index contributed by atoms with van der Waals surface area (Å²) in [5.41, 5.74) is -2.99. The first kappa shape index (κ1) is 11.2. The van der Waals surface area contributed by atoms with Gasteiger partial charge in [0, 0.05) is 0 Å². The zero-order valence-electron chi connectivity index (χ0n) is 6.22. The summed E-state index contributed by atoms with van der Waals surface area (Å²) in [5, 5.41) is 34.7. The Kier molecular flexibility index (Phi) is 3.19. The number of hydrogen-bond acceptors (Lipinski definition) is 4. The molecule has 0 aliphatic carbocycles. The highest BCUT2D eigenvalue weighted by molar-refractivity contribution is 5.86. The van der Waals surface area contributed by atoms with Gasteiger partial charge in [-0.25, -0.2) is 9.59 Å². The molecule has 1 unspecified atom stereocenters. The van der Waals surface area contributed by atoms with Gasteiger partial charge in [-0.1, -0.05) is 0 Å². The Bertz CT molecular complexity index is 231. The molecule has 0 aliphatic heterocycles. The Morgan fingerprint density at radius 3 is 1.85 bits per heavy atom. The Morgan fingerprint density at radius 2 is 1.62 bits per heavy atom. The van der Waals surface area contributed by atoms with Crippen LogP contribution in [-0.2, 0) is 9.59 Å². The van der Waals surface area contributed by atoms with Gasteiger partial charge in [0.25, 0.3) is 5.72 Å². The van der Waals surface area contributed by atoms with E-state index in [0.717, 1.165) is 0 Å². The smallest absolute Gasteiger partial charge is 0.407 e. The number of rotatable bonds is 4. The van der Waals surface area contributed by atoms with E-state index < -0.39 is 30.2 Å². The van der Waals surface area contributed by atoms with Crippen molar-refractivity contribution in [3.05, 3.63) is 0 Å². The van der Waals surface area contributed by atoms with Crippen LogP contribution in [0.25, 0.3) is 0 Å². The molecule has 0 rings (SSSR count). The zero-order chi connectivity index (χ0) is 10.6. The fourth-order valence-corrected chi connectivity index (χ4v) is 0.569. The Labute approximate surface area is 71.4 Å². The van der Waals surface area contributed by atoms with Crippen molar-refractivity contribution in [2.24, 2.45) is 0 Å². The Hall–Kier alpha value is -1.83. The molecule has 0 spiro atoms. The molecular formula is C5H7NO7. The van der Waals surface area contributed by atoms with Gasteiger partial charge in [0.05, 0.1) is 0 Å². The highest BCUT2D eigenvalue weighted by Crippen LogP contribution is 2.06. The molecule has 0 fully saturated rings. The van der Waals surface area contributed by atoms with E-state index in [4.69, 9.17) is 20.4 Å². The maximum absolute atomic E-state index is 10.3. The summed E-state index contributed by atoms with van der Waals surface area (Å²) in [7, 11) is 0. The lowest BCUT2D eigenvalue weighted by molar-refractivity contribution is -0.168. The quantitative estimate of drug-likeness (QED) is 0.341. The first-order chi connectivity index (χ1) is 5.78. The largest absolute Gasteiger partial charge is 0.481 e. The lowest BCUT2D eigenvalue weighted by Gasteiger charge is -2.20. The highest BCUT2D eigenvalue weighted by atomic mass is 16.4. The minimum absolute atomic E-state index is 1.18. The van der Waals surface area contributed by atoms with Gasteiger partial charge in [0.2, 0.25) is 0 Å². The number of carboxylic acids is 2. The second kappa shape index (κ2) is 3.72. The molecule has 0 aliphatic rings. The van der Waals surface area contributed by atoms with Gasteiger partial charge in [-0.2, -0.15) is 0 Å². The number of aliphatic hydroxyl groups is 1. The number of amides is 1. The lowest BCUT2D eigenvalue weighted by atomic mass is 10.1. The first-order valence-electron chi connectivity index (χ1n) is 2.96. The molecule has 74 valence electrons.